The number of amides is 1. The number of anilines is 2. The second-order valence-electron chi connectivity index (χ2n) is 8.98. The van der Waals surface area contributed by atoms with Gasteiger partial charge in [-0.1, -0.05) is 50.2 Å². The Morgan fingerprint density at radius 1 is 1.16 bits per heavy atom. The van der Waals surface area contributed by atoms with Crippen LogP contribution in [-0.4, -0.2) is 40.1 Å². The third-order valence-corrected chi connectivity index (χ3v) is 7.18. The van der Waals surface area contributed by atoms with Crippen LogP contribution in [0.3, 0.4) is 0 Å². The number of unbranched alkanes of at least 4 members (excludes halogenated alkanes) is 1. The van der Waals surface area contributed by atoms with E-state index in [0.717, 1.165) is 46.7 Å². The predicted octanol–water partition coefficient (Wildman–Crippen LogP) is 6.12. The fraction of sp³-hybridized carbons (Fsp3) is 0.393. The summed E-state index contributed by atoms with van der Waals surface area (Å²) in [6, 6.07) is 11.2. The maximum atomic E-state index is 13.8. The number of nitrogens with zero attached hydrogens (tertiary/aromatic N) is 3. The Hall–Kier alpha value is -3.46. The van der Waals surface area contributed by atoms with Gasteiger partial charge in [-0.05, 0) is 67.8 Å². The smallest absolute Gasteiger partial charge is 0.255 e. The number of allylic oxidation sites excluding steroid dienone is 1. The molecule has 0 saturated heterocycles. The van der Waals surface area contributed by atoms with Gasteiger partial charge in [-0.25, -0.2) is 4.68 Å². The van der Waals surface area contributed by atoms with Gasteiger partial charge in [0.25, 0.3) is 5.91 Å². The van der Waals surface area contributed by atoms with E-state index in [1.807, 2.05) is 57.2 Å². The highest BCUT2D eigenvalue weighted by Gasteiger charge is 2.35. The van der Waals surface area contributed by atoms with Crippen molar-refractivity contribution >= 4 is 29.3 Å². The first-order valence-corrected chi connectivity index (χ1v) is 13.6. The van der Waals surface area contributed by atoms with Gasteiger partial charge < -0.3 is 20.1 Å². The average molecular weight is 522 g/mol. The van der Waals surface area contributed by atoms with Crippen LogP contribution in [0.25, 0.3) is 0 Å². The zero-order valence-corrected chi connectivity index (χ0v) is 23.2. The highest BCUT2D eigenvalue weighted by molar-refractivity contribution is 7.99. The first kappa shape index (κ1) is 26.6. The van der Waals surface area contributed by atoms with Gasteiger partial charge in [-0.3, -0.25) is 4.79 Å². The molecule has 1 aliphatic rings. The molecule has 0 saturated carbocycles. The second kappa shape index (κ2) is 11.7. The van der Waals surface area contributed by atoms with E-state index in [1.54, 1.807) is 23.6 Å². The van der Waals surface area contributed by atoms with Crippen LogP contribution in [0.5, 0.6) is 11.5 Å². The molecule has 1 atom stereocenters. The number of ether oxygens (including phenoxy) is 2. The Morgan fingerprint density at radius 3 is 2.70 bits per heavy atom. The molecule has 0 radical (unpaired) electrons. The molecule has 0 spiro atoms. The molecule has 2 heterocycles. The van der Waals surface area contributed by atoms with Gasteiger partial charge in [0.15, 0.2) is 11.5 Å². The number of fused-ring (bicyclic) bond motifs is 1. The standard InChI is InChI=1S/C28H35N5O3S/c1-7-9-15-36-22-14-13-20(16-23(22)35-6)25-24(26(34)30-21-12-10-11-17(3)18(21)4)19(5)29-27-31-28(37-8-2)32-33(25)27/h10-14,16,25H,7-9,15H2,1-6H3,(H,30,34)(H,29,31,32). The number of hydrogen-bond acceptors (Lipinski definition) is 7. The molecule has 1 aliphatic heterocycles. The van der Waals surface area contributed by atoms with E-state index in [2.05, 4.69) is 29.5 Å². The van der Waals surface area contributed by atoms with Crippen molar-refractivity contribution in [3.63, 3.8) is 0 Å². The number of nitrogens with one attached hydrogen (secondary N) is 2. The van der Waals surface area contributed by atoms with Crippen molar-refractivity contribution in [3.8, 4) is 11.5 Å². The number of carbonyl (C=O) groups excluding carboxylic acids is 1. The summed E-state index contributed by atoms with van der Waals surface area (Å²) in [5.74, 6) is 2.54. The van der Waals surface area contributed by atoms with Gasteiger partial charge in [0, 0.05) is 11.4 Å². The average Bonchev–Trinajstić information content (AvgIpc) is 3.28. The predicted molar refractivity (Wildman–Crippen MR) is 149 cm³/mol. The van der Waals surface area contributed by atoms with Crippen LogP contribution in [-0.2, 0) is 4.79 Å². The molecule has 196 valence electrons. The van der Waals surface area contributed by atoms with E-state index in [1.165, 1.54) is 0 Å². The van der Waals surface area contributed by atoms with Gasteiger partial charge in [-0.15, -0.1) is 5.10 Å². The summed E-state index contributed by atoms with van der Waals surface area (Å²) in [6.07, 6.45) is 2.01. The van der Waals surface area contributed by atoms with Crippen molar-refractivity contribution in [1.29, 1.82) is 0 Å². The van der Waals surface area contributed by atoms with Crippen LogP contribution in [0, 0.1) is 13.8 Å². The number of carbonyl (C=O) groups is 1. The summed E-state index contributed by atoms with van der Waals surface area (Å²) in [4.78, 5) is 18.5. The minimum Gasteiger partial charge on any atom is -0.493 e. The lowest BCUT2D eigenvalue weighted by atomic mass is 9.94. The van der Waals surface area contributed by atoms with Crippen molar-refractivity contribution < 1.29 is 14.3 Å². The van der Waals surface area contributed by atoms with Crippen LogP contribution in [0.15, 0.2) is 52.8 Å². The number of rotatable bonds is 10. The SMILES string of the molecule is CCCCOc1ccc(C2C(C(=O)Nc3cccc(C)c3C)=C(C)Nc3nc(SCC)nn32)cc1OC. The van der Waals surface area contributed by atoms with Gasteiger partial charge in [0.05, 0.1) is 19.3 Å². The molecule has 1 unspecified atom stereocenters. The van der Waals surface area contributed by atoms with Gasteiger partial charge in [0.2, 0.25) is 11.1 Å². The van der Waals surface area contributed by atoms with Gasteiger partial charge in [0.1, 0.15) is 6.04 Å². The van der Waals surface area contributed by atoms with Crippen LogP contribution in [0.2, 0.25) is 0 Å². The van der Waals surface area contributed by atoms with E-state index in [0.29, 0.717) is 34.8 Å². The third kappa shape index (κ3) is 5.61. The quantitative estimate of drug-likeness (QED) is 0.245. The zero-order valence-electron chi connectivity index (χ0n) is 22.3. The van der Waals surface area contributed by atoms with Crippen molar-refractivity contribution in [2.75, 3.05) is 30.1 Å². The number of hydrogen-bond donors (Lipinski definition) is 2. The summed E-state index contributed by atoms with van der Waals surface area (Å²) < 4.78 is 13.4. The largest absolute Gasteiger partial charge is 0.493 e. The van der Waals surface area contributed by atoms with Gasteiger partial charge >= 0.3 is 0 Å². The summed E-state index contributed by atoms with van der Waals surface area (Å²) in [5, 5.41) is 11.8. The zero-order chi connectivity index (χ0) is 26.5. The Kier molecular flexibility index (Phi) is 8.43. The molecule has 9 heteroatoms. The number of methoxy groups -OCH3 is 1. The highest BCUT2D eigenvalue weighted by atomic mass is 32.2. The molecule has 0 aliphatic carbocycles. The van der Waals surface area contributed by atoms with Crippen LogP contribution >= 0.6 is 11.8 Å². The molecule has 37 heavy (non-hydrogen) atoms. The summed E-state index contributed by atoms with van der Waals surface area (Å²) in [7, 11) is 1.63. The number of aryl methyl sites for hydroxylation is 1. The molecule has 0 bridgehead atoms. The Morgan fingerprint density at radius 2 is 1.97 bits per heavy atom. The molecule has 4 rings (SSSR count). The maximum Gasteiger partial charge on any atom is 0.255 e. The van der Waals surface area contributed by atoms with Crippen molar-refractivity contribution in [3.05, 3.63) is 64.4 Å². The third-order valence-electron chi connectivity index (χ3n) is 6.46. The molecule has 0 fully saturated rings. The summed E-state index contributed by atoms with van der Waals surface area (Å²) in [6.45, 7) is 10.7. The van der Waals surface area contributed by atoms with Crippen LogP contribution in [0.4, 0.5) is 11.6 Å². The first-order chi connectivity index (χ1) is 17.9. The fourth-order valence-electron chi connectivity index (χ4n) is 4.30. The topological polar surface area (TPSA) is 90.3 Å². The summed E-state index contributed by atoms with van der Waals surface area (Å²) in [5.41, 5.74) is 5.08. The van der Waals surface area contributed by atoms with Crippen molar-refractivity contribution in [2.45, 2.75) is 58.7 Å². The molecular formula is C28H35N5O3S. The molecule has 8 nitrogen and oxygen atoms in total. The molecule has 1 aromatic heterocycles. The molecule has 1 amide bonds. The number of thioether (sulfide) groups is 1. The lowest BCUT2D eigenvalue weighted by Crippen LogP contribution is -2.31. The number of benzene rings is 2. The van der Waals surface area contributed by atoms with E-state index in [9.17, 15) is 4.79 Å². The van der Waals surface area contributed by atoms with E-state index >= 15 is 0 Å². The Bertz CT molecular complexity index is 1320. The lowest BCUT2D eigenvalue weighted by molar-refractivity contribution is -0.113. The second-order valence-corrected chi connectivity index (χ2v) is 10.2. The van der Waals surface area contributed by atoms with Crippen LogP contribution in [0.1, 0.15) is 56.3 Å². The Labute approximate surface area is 222 Å². The maximum absolute atomic E-state index is 13.8. The molecule has 2 aromatic carbocycles. The minimum absolute atomic E-state index is 0.197. The number of aromatic nitrogens is 3. The first-order valence-electron chi connectivity index (χ1n) is 12.6. The minimum atomic E-state index is -0.501. The van der Waals surface area contributed by atoms with E-state index in [4.69, 9.17) is 14.6 Å². The van der Waals surface area contributed by atoms with E-state index in [-0.39, 0.29) is 5.91 Å². The lowest BCUT2D eigenvalue weighted by Gasteiger charge is -2.29. The van der Waals surface area contributed by atoms with Crippen molar-refractivity contribution in [1.82, 2.24) is 14.8 Å². The van der Waals surface area contributed by atoms with Crippen LogP contribution < -0.4 is 20.1 Å². The van der Waals surface area contributed by atoms with Gasteiger partial charge in [-0.2, -0.15) is 4.98 Å². The highest BCUT2D eigenvalue weighted by Crippen LogP contribution is 2.40. The Balaban J connectivity index is 1.77. The molecule has 3 aromatic rings. The molecule has 2 N–H and O–H groups in total. The van der Waals surface area contributed by atoms with E-state index < -0.39 is 6.04 Å². The summed E-state index contributed by atoms with van der Waals surface area (Å²) >= 11 is 1.56. The normalized spacial score (nSPS) is 14.7. The van der Waals surface area contributed by atoms with Crippen molar-refractivity contribution in [2.24, 2.45) is 0 Å². The molecular weight excluding hydrogens is 486 g/mol. The monoisotopic (exact) mass is 521 g/mol. The fourth-order valence-corrected chi connectivity index (χ4v) is 4.85.